The van der Waals surface area contributed by atoms with Crippen LogP contribution in [-0.2, 0) is 0 Å². The summed E-state index contributed by atoms with van der Waals surface area (Å²) >= 11 is 0. The third-order valence-electron chi connectivity index (χ3n) is 6.43. The first-order valence-corrected chi connectivity index (χ1v) is 8.38. The van der Waals surface area contributed by atoms with Gasteiger partial charge in [0.1, 0.15) is 5.82 Å². The third kappa shape index (κ3) is 2.22. The smallest absolute Gasteiger partial charge is 0.123 e. The fourth-order valence-electron chi connectivity index (χ4n) is 5.91. The van der Waals surface area contributed by atoms with E-state index in [0.29, 0.717) is 5.92 Å². The van der Waals surface area contributed by atoms with Crippen molar-refractivity contribution in [1.82, 2.24) is 5.43 Å². The lowest BCUT2D eigenvalue weighted by atomic mass is 9.50. The number of benzene rings is 1. The molecular formula is C18H25FN2. The molecule has 4 aliphatic carbocycles. The van der Waals surface area contributed by atoms with Crippen LogP contribution in [0.15, 0.2) is 18.2 Å². The minimum atomic E-state index is -0.155. The summed E-state index contributed by atoms with van der Waals surface area (Å²) in [5.74, 6) is 9.99. The molecule has 4 aliphatic rings. The monoisotopic (exact) mass is 288 g/mol. The molecule has 114 valence electrons. The van der Waals surface area contributed by atoms with E-state index in [0.717, 1.165) is 29.2 Å². The van der Waals surface area contributed by atoms with Gasteiger partial charge in [-0.3, -0.25) is 11.3 Å². The zero-order chi connectivity index (χ0) is 14.6. The zero-order valence-electron chi connectivity index (χ0n) is 12.7. The van der Waals surface area contributed by atoms with Gasteiger partial charge in [-0.25, -0.2) is 4.39 Å². The molecule has 1 aromatic carbocycles. The van der Waals surface area contributed by atoms with Crippen LogP contribution in [0.4, 0.5) is 4.39 Å². The number of nitrogens with two attached hydrogens (primary N) is 1. The summed E-state index contributed by atoms with van der Waals surface area (Å²) in [6, 6.07) is 5.32. The molecule has 2 nitrogen and oxygen atoms in total. The van der Waals surface area contributed by atoms with Gasteiger partial charge in [-0.15, -0.1) is 0 Å². The quantitative estimate of drug-likeness (QED) is 0.657. The van der Waals surface area contributed by atoms with Gasteiger partial charge in [0.15, 0.2) is 0 Å². The van der Waals surface area contributed by atoms with Crippen LogP contribution < -0.4 is 11.3 Å². The predicted molar refractivity (Wildman–Crippen MR) is 81.7 cm³/mol. The second kappa shape index (κ2) is 5.06. The Morgan fingerprint density at radius 2 is 1.71 bits per heavy atom. The Hall–Kier alpha value is -0.930. The van der Waals surface area contributed by atoms with E-state index in [1.165, 1.54) is 37.7 Å². The second-order valence-corrected chi connectivity index (χ2v) is 7.65. The molecule has 0 amide bonds. The standard InChI is InChI=1S/C18H25FN2/c1-10-4-15(19)2-3-16(10)18(21-20)17-13-6-11-5-12(8-13)9-14(17)7-11/h2-4,11-14,17-18,21H,5-9,20H2,1H3. The maximum absolute atomic E-state index is 13.4. The molecule has 1 unspecified atom stereocenters. The van der Waals surface area contributed by atoms with Crippen LogP contribution in [-0.4, -0.2) is 0 Å². The molecule has 3 N–H and O–H groups in total. The first-order valence-electron chi connectivity index (χ1n) is 8.38. The van der Waals surface area contributed by atoms with Crippen LogP contribution in [0.2, 0.25) is 0 Å². The van der Waals surface area contributed by atoms with Crippen LogP contribution in [0, 0.1) is 42.3 Å². The van der Waals surface area contributed by atoms with E-state index >= 15 is 0 Å². The zero-order valence-corrected chi connectivity index (χ0v) is 12.7. The average molecular weight is 288 g/mol. The van der Waals surface area contributed by atoms with Crippen molar-refractivity contribution in [2.24, 2.45) is 35.4 Å². The minimum Gasteiger partial charge on any atom is -0.271 e. The van der Waals surface area contributed by atoms with E-state index in [1.54, 1.807) is 12.1 Å². The summed E-state index contributed by atoms with van der Waals surface area (Å²) in [5.41, 5.74) is 5.30. The topological polar surface area (TPSA) is 38.0 Å². The summed E-state index contributed by atoms with van der Waals surface area (Å²) in [7, 11) is 0. The maximum atomic E-state index is 13.4. The van der Waals surface area contributed by atoms with Crippen LogP contribution in [0.5, 0.6) is 0 Å². The van der Waals surface area contributed by atoms with E-state index in [9.17, 15) is 4.39 Å². The highest BCUT2D eigenvalue weighted by molar-refractivity contribution is 5.30. The van der Waals surface area contributed by atoms with E-state index in [-0.39, 0.29) is 11.9 Å². The minimum absolute atomic E-state index is 0.155. The largest absolute Gasteiger partial charge is 0.271 e. The normalized spacial score (nSPS) is 38.7. The molecule has 3 heteroatoms. The molecule has 21 heavy (non-hydrogen) atoms. The van der Waals surface area contributed by atoms with Gasteiger partial charge < -0.3 is 0 Å². The van der Waals surface area contributed by atoms with Crippen molar-refractivity contribution in [1.29, 1.82) is 0 Å². The number of halogens is 1. The van der Waals surface area contributed by atoms with Crippen molar-refractivity contribution in [2.45, 2.75) is 45.1 Å². The molecule has 0 aromatic heterocycles. The predicted octanol–water partition coefficient (Wildman–Crippen LogP) is 3.71. The van der Waals surface area contributed by atoms with Gasteiger partial charge in [0.2, 0.25) is 0 Å². The van der Waals surface area contributed by atoms with Crippen LogP contribution in [0.25, 0.3) is 0 Å². The number of hydrazine groups is 1. The Balaban J connectivity index is 1.67. The third-order valence-corrected chi connectivity index (χ3v) is 6.43. The fourth-order valence-corrected chi connectivity index (χ4v) is 5.91. The molecule has 0 saturated heterocycles. The van der Waals surface area contributed by atoms with Gasteiger partial charge in [-0.1, -0.05) is 6.07 Å². The van der Waals surface area contributed by atoms with Crippen LogP contribution in [0.3, 0.4) is 0 Å². The molecule has 0 radical (unpaired) electrons. The van der Waals surface area contributed by atoms with Crippen molar-refractivity contribution in [2.75, 3.05) is 0 Å². The van der Waals surface area contributed by atoms with Crippen molar-refractivity contribution in [3.8, 4) is 0 Å². The van der Waals surface area contributed by atoms with Crippen LogP contribution >= 0.6 is 0 Å². The van der Waals surface area contributed by atoms with Gasteiger partial charge in [-0.2, -0.15) is 0 Å². The number of rotatable bonds is 3. The average Bonchev–Trinajstić information content (AvgIpc) is 2.43. The highest BCUT2D eigenvalue weighted by Crippen LogP contribution is 2.59. The SMILES string of the molecule is Cc1cc(F)ccc1C(NN)C1C2CC3CC(C2)CC1C3. The van der Waals surface area contributed by atoms with Gasteiger partial charge in [0, 0.05) is 6.04 Å². The van der Waals surface area contributed by atoms with E-state index in [2.05, 4.69) is 5.43 Å². The summed E-state index contributed by atoms with van der Waals surface area (Å²) in [4.78, 5) is 0. The number of hydrogen-bond donors (Lipinski definition) is 2. The van der Waals surface area contributed by atoms with Crippen molar-refractivity contribution < 1.29 is 4.39 Å². The van der Waals surface area contributed by atoms with E-state index < -0.39 is 0 Å². The summed E-state index contributed by atoms with van der Waals surface area (Å²) in [5, 5.41) is 0. The molecule has 4 bridgehead atoms. The Kier molecular flexibility index (Phi) is 3.31. The molecule has 1 aromatic rings. The highest BCUT2D eigenvalue weighted by atomic mass is 19.1. The second-order valence-electron chi connectivity index (χ2n) is 7.65. The van der Waals surface area contributed by atoms with Gasteiger partial charge in [0.05, 0.1) is 0 Å². The Labute approximate surface area is 126 Å². The number of nitrogens with one attached hydrogen (secondary N) is 1. The summed E-state index contributed by atoms with van der Waals surface area (Å²) < 4.78 is 13.4. The Morgan fingerprint density at radius 3 is 2.24 bits per heavy atom. The molecule has 0 heterocycles. The lowest BCUT2D eigenvalue weighted by molar-refractivity contribution is -0.0526. The lowest BCUT2D eigenvalue weighted by Crippen LogP contribution is -2.50. The first kappa shape index (κ1) is 13.7. The van der Waals surface area contributed by atoms with E-state index in [1.807, 2.05) is 13.0 Å². The molecule has 4 fully saturated rings. The number of aryl methyl sites for hydroxylation is 1. The first-order chi connectivity index (χ1) is 10.2. The Bertz CT molecular complexity index is 514. The lowest BCUT2D eigenvalue weighted by Gasteiger charge is -2.56. The summed E-state index contributed by atoms with van der Waals surface area (Å²) in [6.07, 6.45) is 7.01. The maximum Gasteiger partial charge on any atom is 0.123 e. The molecule has 4 saturated carbocycles. The molecule has 0 spiro atoms. The van der Waals surface area contributed by atoms with Gasteiger partial charge in [0.25, 0.3) is 0 Å². The highest BCUT2D eigenvalue weighted by Gasteiger charge is 2.50. The summed E-state index contributed by atoms with van der Waals surface area (Å²) in [6.45, 7) is 2.00. The Morgan fingerprint density at radius 1 is 1.10 bits per heavy atom. The van der Waals surface area contributed by atoms with Gasteiger partial charge in [-0.05, 0) is 91.9 Å². The number of hydrogen-bond acceptors (Lipinski definition) is 2. The van der Waals surface area contributed by atoms with Crippen molar-refractivity contribution >= 4 is 0 Å². The fraction of sp³-hybridized carbons (Fsp3) is 0.667. The molecule has 5 rings (SSSR count). The molecule has 1 atom stereocenters. The molecular weight excluding hydrogens is 263 g/mol. The van der Waals surface area contributed by atoms with E-state index in [4.69, 9.17) is 5.84 Å². The van der Waals surface area contributed by atoms with Gasteiger partial charge >= 0.3 is 0 Å². The van der Waals surface area contributed by atoms with Crippen molar-refractivity contribution in [3.63, 3.8) is 0 Å². The molecule has 0 aliphatic heterocycles. The van der Waals surface area contributed by atoms with Crippen LogP contribution in [0.1, 0.15) is 49.3 Å². The van der Waals surface area contributed by atoms with Crippen molar-refractivity contribution in [3.05, 3.63) is 35.1 Å².